The normalized spacial score (nSPS) is 11.5. The lowest BCUT2D eigenvalue weighted by molar-refractivity contribution is -0.142. The van der Waals surface area contributed by atoms with Gasteiger partial charge in [0.05, 0.1) is 37.5 Å². The molecule has 0 saturated heterocycles. The minimum absolute atomic E-state index is 0.0176. The number of benzene rings is 2. The molecule has 1 amide bonds. The molecular formula is C28H28FN5O6. The van der Waals surface area contributed by atoms with Gasteiger partial charge in [-0.2, -0.15) is 0 Å². The number of nitrogens with zero attached hydrogens (tertiary/aromatic N) is 3. The SMILES string of the molecule is CCOC(=O)CCNC(=O)c1cn2c3c(c(NCCCn4ccnc4)c(F)cc3c1=O)Oc1cc(OC)ccc1-2. The van der Waals surface area contributed by atoms with E-state index >= 15 is 4.39 Å². The topological polar surface area (TPSA) is 126 Å². The van der Waals surface area contributed by atoms with Crippen LogP contribution in [-0.2, 0) is 16.1 Å². The number of carbonyl (C=O) groups is 2. The Labute approximate surface area is 228 Å². The average Bonchev–Trinajstić information content (AvgIpc) is 3.47. The fraction of sp³-hybridized carbons (Fsp3) is 0.286. The summed E-state index contributed by atoms with van der Waals surface area (Å²) in [6, 6.07) is 6.21. The van der Waals surface area contributed by atoms with Crippen molar-refractivity contribution in [3.8, 4) is 22.9 Å². The number of aromatic nitrogens is 3. The molecule has 3 heterocycles. The first-order chi connectivity index (χ1) is 19.4. The van der Waals surface area contributed by atoms with Crippen LogP contribution in [0.5, 0.6) is 17.2 Å². The van der Waals surface area contributed by atoms with Crippen LogP contribution in [0.1, 0.15) is 30.1 Å². The highest BCUT2D eigenvalue weighted by atomic mass is 19.1. The third-order valence-electron chi connectivity index (χ3n) is 6.45. The van der Waals surface area contributed by atoms with Gasteiger partial charge in [0.15, 0.2) is 17.3 Å². The molecule has 0 saturated carbocycles. The van der Waals surface area contributed by atoms with Gasteiger partial charge in [-0.3, -0.25) is 14.4 Å². The van der Waals surface area contributed by atoms with Gasteiger partial charge in [0.2, 0.25) is 5.43 Å². The highest BCUT2D eigenvalue weighted by molar-refractivity contribution is 6.01. The molecule has 4 aromatic rings. The molecule has 40 heavy (non-hydrogen) atoms. The van der Waals surface area contributed by atoms with Crippen molar-refractivity contribution in [1.82, 2.24) is 19.4 Å². The molecule has 0 unspecified atom stereocenters. The third kappa shape index (κ3) is 5.20. The summed E-state index contributed by atoms with van der Waals surface area (Å²) in [5.74, 6) is -0.847. The van der Waals surface area contributed by atoms with E-state index in [0.717, 1.165) is 6.07 Å². The van der Waals surface area contributed by atoms with Crippen molar-refractivity contribution in [2.75, 3.05) is 32.1 Å². The number of hydrogen-bond acceptors (Lipinski definition) is 8. The maximum atomic E-state index is 15.5. The van der Waals surface area contributed by atoms with Crippen LogP contribution in [0, 0.1) is 5.82 Å². The van der Waals surface area contributed by atoms with Gasteiger partial charge in [-0.05, 0) is 31.5 Å². The summed E-state index contributed by atoms with van der Waals surface area (Å²) < 4.78 is 35.5. The Kier molecular flexibility index (Phi) is 7.67. The van der Waals surface area contributed by atoms with Crippen LogP contribution >= 0.6 is 0 Å². The number of esters is 1. The van der Waals surface area contributed by atoms with Crippen molar-refractivity contribution in [3.05, 3.63) is 70.8 Å². The summed E-state index contributed by atoms with van der Waals surface area (Å²) >= 11 is 0. The predicted octanol–water partition coefficient (Wildman–Crippen LogP) is 3.63. The quantitative estimate of drug-likeness (QED) is 0.189. The number of amides is 1. The standard InChI is InChI=1S/C28H28FN5O6/c1-3-39-23(35)7-9-32-28(37)19-15-34-21-6-5-17(38-2)13-22(21)40-27-24(20(29)14-18(25(27)34)26(19)36)31-8-4-11-33-12-10-30-16-33/h5-6,10,12-16,31H,3-4,7-9,11H2,1-2H3,(H,32,37). The van der Waals surface area contributed by atoms with Crippen LogP contribution in [0.25, 0.3) is 16.6 Å². The van der Waals surface area contributed by atoms with Crippen LogP contribution in [0.4, 0.5) is 10.1 Å². The zero-order valence-electron chi connectivity index (χ0n) is 22.0. The number of nitrogens with one attached hydrogen (secondary N) is 2. The summed E-state index contributed by atoms with van der Waals surface area (Å²) in [5.41, 5.74) is 0.103. The number of halogens is 1. The molecule has 0 aliphatic carbocycles. The van der Waals surface area contributed by atoms with Crippen molar-refractivity contribution < 1.29 is 28.2 Å². The van der Waals surface area contributed by atoms with E-state index in [1.54, 1.807) is 42.2 Å². The molecule has 0 atom stereocenters. The lowest BCUT2D eigenvalue weighted by Crippen LogP contribution is -2.32. The Morgan fingerprint density at radius 1 is 1.20 bits per heavy atom. The van der Waals surface area contributed by atoms with Gasteiger partial charge in [-0.1, -0.05) is 0 Å². The first-order valence-electron chi connectivity index (χ1n) is 12.8. The molecule has 2 aromatic carbocycles. The second-order valence-electron chi connectivity index (χ2n) is 9.03. The van der Waals surface area contributed by atoms with Crippen LogP contribution in [-0.4, -0.2) is 52.8 Å². The second-order valence-corrected chi connectivity index (χ2v) is 9.03. The van der Waals surface area contributed by atoms with E-state index in [0.29, 0.717) is 42.2 Å². The maximum absolute atomic E-state index is 15.5. The van der Waals surface area contributed by atoms with Gasteiger partial charge in [-0.15, -0.1) is 0 Å². The van der Waals surface area contributed by atoms with E-state index in [2.05, 4.69) is 15.6 Å². The summed E-state index contributed by atoms with van der Waals surface area (Å²) in [5, 5.41) is 5.67. The van der Waals surface area contributed by atoms with Crippen molar-refractivity contribution in [1.29, 1.82) is 0 Å². The molecule has 0 spiro atoms. The Hall–Kier alpha value is -4.87. The minimum atomic E-state index is -0.694. The molecule has 1 aliphatic heterocycles. The highest BCUT2D eigenvalue weighted by Crippen LogP contribution is 2.46. The summed E-state index contributed by atoms with van der Waals surface area (Å²) in [6.07, 6.45) is 7.27. The first kappa shape index (κ1) is 26.7. The van der Waals surface area contributed by atoms with E-state index in [1.165, 1.54) is 13.3 Å². The van der Waals surface area contributed by atoms with Gasteiger partial charge < -0.3 is 34.0 Å². The lowest BCUT2D eigenvalue weighted by atomic mass is 10.1. The Bertz CT molecular complexity index is 1630. The number of fused-ring (bicyclic) bond motifs is 2. The lowest BCUT2D eigenvalue weighted by Gasteiger charge is -2.26. The van der Waals surface area contributed by atoms with Crippen LogP contribution in [0.3, 0.4) is 0 Å². The predicted molar refractivity (Wildman–Crippen MR) is 145 cm³/mol. The number of rotatable bonds is 11. The van der Waals surface area contributed by atoms with Crippen molar-refractivity contribution >= 4 is 28.5 Å². The molecule has 0 radical (unpaired) electrons. The summed E-state index contributed by atoms with van der Waals surface area (Å²) in [7, 11) is 1.52. The maximum Gasteiger partial charge on any atom is 0.307 e. The van der Waals surface area contributed by atoms with E-state index < -0.39 is 23.1 Å². The summed E-state index contributed by atoms with van der Waals surface area (Å²) in [4.78, 5) is 42.1. The summed E-state index contributed by atoms with van der Waals surface area (Å²) in [6.45, 7) is 2.99. The minimum Gasteiger partial charge on any atom is -0.497 e. The van der Waals surface area contributed by atoms with Gasteiger partial charge in [0.1, 0.15) is 22.5 Å². The molecule has 208 valence electrons. The average molecular weight is 550 g/mol. The zero-order chi connectivity index (χ0) is 28.2. The van der Waals surface area contributed by atoms with E-state index in [9.17, 15) is 14.4 Å². The molecular weight excluding hydrogens is 521 g/mol. The monoisotopic (exact) mass is 549 g/mol. The van der Waals surface area contributed by atoms with Crippen molar-refractivity contribution in [2.45, 2.75) is 26.3 Å². The largest absolute Gasteiger partial charge is 0.497 e. The molecule has 12 heteroatoms. The Morgan fingerprint density at radius 3 is 2.80 bits per heavy atom. The van der Waals surface area contributed by atoms with Gasteiger partial charge in [-0.25, -0.2) is 9.37 Å². The highest BCUT2D eigenvalue weighted by Gasteiger charge is 2.28. The number of carbonyl (C=O) groups excluding carboxylic acids is 2. The van der Waals surface area contributed by atoms with Crippen LogP contribution < -0.4 is 25.5 Å². The molecule has 1 aliphatic rings. The molecule has 2 N–H and O–H groups in total. The second kappa shape index (κ2) is 11.5. The molecule has 2 aromatic heterocycles. The fourth-order valence-corrected chi connectivity index (χ4v) is 4.55. The zero-order valence-corrected chi connectivity index (χ0v) is 22.0. The van der Waals surface area contributed by atoms with Crippen molar-refractivity contribution in [2.24, 2.45) is 0 Å². The van der Waals surface area contributed by atoms with Crippen LogP contribution in [0.2, 0.25) is 0 Å². The molecule has 5 rings (SSSR count). The number of hydrogen-bond donors (Lipinski definition) is 2. The smallest absolute Gasteiger partial charge is 0.307 e. The Balaban J connectivity index is 1.53. The number of anilines is 1. The molecule has 0 bridgehead atoms. The number of methoxy groups -OCH3 is 1. The molecule has 11 nitrogen and oxygen atoms in total. The number of imidazole rings is 1. The first-order valence-corrected chi connectivity index (χ1v) is 12.8. The van der Waals surface area contributed by atoms with Crippen molar-refractivity contribution in [3.63, 3.8) is 0 Å². The fourth-order valence-electron chi connectivity index (χ4n) is 4.55. The Morgan fingerprint density at radius 2 is 2.05 bits per heavy atom. The van der Waals surface area contributed by atoms with E-state index in [1.807, 2.05) is 10.8 Å². The molecule has 0 fully saturated rings. The third-order valence-corrected chi connectivity index (χ3v) is 6.45. The van der Waals surface area contributed by atoms with Crippen LogP contribution in [0.15, 0.2) is 54.0 Å². The van der Waals surface area contributed by atoms with Gasteiger partial charge in [0, 0.05) is 44.3 Å². The van der Waals surface area contributed by atoms with E-state index in [-0.39, 0.29) is 42.0 Å². The van der Waals surface area contributed by atoms with E-state index in [4.69, 9.17) is 14.2 Å². The number of aryl methyl sites for hydroxylation is 1. The van der Waals surface area contributed by atoms with Gasteiger partial charge in [0.25, 0.3) is 5.91 Å². The number of ether oxygens (including phenoxy) is 3. The van der Waals surface area contributed by atoms with Gasteiger partial charge >= 0.3 is 5.97 Å². The number of pyridine rings is 1.